The van der Waals surface area contributed by atoms with Crippen LogP contribution in [0.1, 0.15) is 44.6 Å². The van der Waals surface area contributed by atoms with Gasteiger partial charge in [-0.05, 0) is 55.1 Å². The number of benzene rings is 1. The van der Waals surface area contributed by atoms with Gasteiger partial charge in [0.2, 0.25) is 11.8 Å². The number of aryl methyl sites for hydroxylation is 1. The second-order valence-corrected chi connectivity index (χ2v) is 8.85. The van der Waals surface area contributed by atoms with E-state index in [0.717, 1.165) is 62.1 Å². The summed E-state index contributed by atoms with van der Waals surface area (Å²) in [5.74, 6) is 2.70. The third kappa shape index (κ3) is 4.40. The molecule has 1 saturated heterocycles. The Morgan fingerprint density at radius 3 is 2.54 bits per heavy atom. The summed E-state index contributed by atoms with van der Waals surface area (Å²) < 4.78 is 0. The molecular formula is C23H33N3O2. The molecule has 1 aliphatic heterocycles. The van der Waals surface area contributed by atoms with Gasteiger partial charge >= 0.3 is 0 Å². The number of para-hydroxylation sites is 1. The van der Waals surface area contributed by atoms with Gasteiger partial charge < -0.3 is 10.2 Å². The van der Waals surface area contributed by atoms with Gasteiger partial charge in [0.05, 0.1) is 6.54 Å². The summed E-state index contributed by atoms with van der Waals surface area (Å²) in [5, 5.41) is 3.05. The zero-order valence-electron chi connectivity index (χ0n) is 17.0. The highest BCUT2D eigenvalue weighted by Crippen LogP contribution is 2.49. The third-order valence-electron chi connectivity index (χ3n) is 7.09. The highest BCUT2D eigenvalue weighted by atomic mass is 16.2. The molecule has 2 amide bonds. The molecule has 2 aliphatic carbocycles. The molecule has 152 valence electrons. The molecule has 2 saturated carbocycles. The lowest BCUT2D eigenvalue weighted by atomic mass is 9.86. The lowest BCUT2D eigenvalue weighted by Crippen LogP contribution is -2.50. The van der Waals surface area contributed by atoms with Crippen LogP contribution in [0.25, 0.3) is 0 Å². The van der Waals surface area contributed by atoms with E-state index in [-0.39, 0.29) is 5.91 Å². The highest BCUT2D eigenvalue weighted by Gasteiger charge is 2.40. The second-order valence-electron chi connectivity index (χ2n) is 8.85. The van der Waals surface area contributed by atoms with E-state index in [4.69, 9.17) is 0 Å². The number of rotatable bonds is 6. The smallest absolute Gasteiger partial charge is 0.238 e. The number of hydrogen-bond donors (Lipinski definition) is 1. The largest absolute Gasteiger partial charge is 0.340 e. The van der Waals surface area contributed by atoms with E-state index in [1.165, 1.54) is 25.7 Å². The van der Waals surface area contributed by atoms with E-state index in [2.05, 4.69) is 23.2 Å². The second kappa shape index (κ2) is 8.64. The highest BCUT2D eigenvalue weighted by molar-refractivity contribution is 5.93. The van der Waals surface area contributed by atoms with Gasteiger partial charge in [-0.15, -0.1) is 0 Å². The number of anilines is 1. The lowest BCUT2D eigenvalue weighted by Gasteiger charge is -2.35. The molecule has 1 heterocycles. The maximum absolute atomic E-state index is 12.7. The third-order valence-corrected chi connectivity index (χ3v) is 7.09. The van der Waals surface area contributed by atoms with Crippen LogP contribution in [0.3, 0.4) is 0 Å². The van der Waals surface area contributed by atoms with Gasteiger partial charge in [0.1, 0.15) is 0 Å². The van der Waals surface area contributed by atoms with Crippen molar-refractivity contribution in [3.63, 3.8) is 0 Å². The van der Waals surface area contributed by atoms with E-state index in [9.17, 15) is 9.59 Å². The minimum absolute atomic E-state index is 0.0302. The predicted molar refractivity (Wildman–Crippen MR) is 111 cm³/mol. The SMILES string of the molecule is CCc1ccccc1NC(=O)CN1CCN(C(=O)C[C@@H]2C[C@H]3CC[C@@H]2C3)CC1. The van der Waals surface area contributed by atoms with Crippen molar-refractivity contribution in [1.82, 2.24) is 9.80 Å². The van der Waals surface area contributed by atoms with Gasteiger partial charge in [-0.1, -0.05) is 31.5 Å². The van der Waals surface area contributed by atoms with Crippen molar-refractivity contribution in [1.29, 1.82) is 0 Å². The van der Waals surface area contributed by atoms with Gasteiger partial charge in [0.15, 0.2) is 0 Å². The van der Waals surface area contributed by atoms with E-state index in [1.807, 2.05) is 23.1 Å². The molecule has 1 aromatic carbocycles. The van der Waals surface area contributed by atoms with E-state index in [0.29, 0.717) is 18.4 Å². The van der Waals surface area contributed by atoms with Crippen LogP contribution in [0.2, 0.25) is 0 Å². The van der Waals surface area contributed by atoms with Gasteiger partial charge in [-0.25, -0.2) is 0 Å². The maximum atomic E-state index is 12.7. The van der Waals surface area contributed by atoms with Crippen molar-refractivity contribution < 1.29 is 9.59 Å². The fourth-order valence-corrected chi connectivity index (χ4v) is 5.48. The van der Waals surface area contributed by atoms with Crippen molar-refractivity contribution in [2.75, 3.05) is 38.0 Å². The first-order chi connectivity index (χ1) is 13.6. The van der Waals surface area contributed by atoms with Crippen LogP contribution < -0.4 is 5.32 Å². The molecule has 1 aromatic rings. The molecule has 0 aromatic heterocycles. The summed E-state index contributed by atoms with van der Waals surface area (Å²) in [4.78, 5) is 29.3. The Morgan fingerprint density at radius 2 is 1.86 bits per heavy atom. The van der Waals surface area contributed by atoms with Crippen molar-refractivity contribution in [2.24, 2.45) is 17.8 Å². The summed E-state index contributed by atoms with van der Waals surface area (Å²) in [6, 6.07) is 7.97. The van der Waals surface area contributed by atoms with Crippen LogP contribution in [-0.2, 0) is 16.0 Å². The van der Waals surface area contributed by atoms with E-state index in [1.54, 1.807) is 0 Å². The summed E-state index contributed by atoms with van der Waals surface area (Å²) in [5.41, 5.74) is 2.07. The molecular weight excluding hydrogens is 350 g/mol. The molecule has 5 nitrogen and oxygen atoms in total. The molecule has 0 spiro atoms. The Labute approximate surface area is 168 Å². The van der Waals surface area contributed by atoms with Crippen LogP contribution in [0.15, 0.2) is 24.3 Å². The monoisotopic (exact) mass is 383 g/mol. The van der Waals surface area contributed by atoms with Crippen molar-refractivity contribution >= 4 is 17.5 Å². The van der Waals surface area contributed by atoms with Crippen LogP contribution in [-0.4, -0.2) is 54.3 Å². The van der Waals surface area contributed by atoms with Crippen molar-refractivity contribution in [2.45, 2.75) is 45.4 Å². The quantitative estimate of drug-likeness (QED) is 0.821. The van der Waals surface area contributed by atoms with E-state index < -0.39 is 0 Å². The summed E-state index contributed by atoms with van der Waals surface area (Å²) in [6.07, 6.45) is 7.01. The number of nitrogens with one attached hydrogen (secondary N) is 1. The molecule has 0 unspecified atom stereocenters. The first-order valence-electron chi connectivity index (χ1n) is 11.0. The Balaban J connectivity index is 1.20. The average molecular weight is 384 g/mol. The fraction of sp³-hybridized carbons (Fsp3) is 0.652. The fourth-order valence-electron chi connectivity index (χ4n) is 5.48. The molecule has 2 bridgehead atoms. The zero-order chi connectivity index (χ0) is 19.5. The number of hydrogen-bond acceptors (Lipinski definition) is 3. The minimum Gasteiger partial charge on any atom is -0.340 e. The zero-order valence-corrected chi connectivity index (χ0v) is 17.0. The van der Waals surface area contributed by atoms with Gasteiger partial charge in [-0.2, -0.15) is 0 Å². The Kier molecular flexibility index (Phi) is 6.00. The average Bonchev–Trinajstić information content (AvgIpc) is 3.32. The Bertz CT molecular complexity index is 712. The number of nitrogens with zero attached hydrogens (tertiary/aromatic N) is 2. The number of carbonyl (C=O) groups excluding carboxylic acids is 2. The number of amides is 2. The first kappa shape index (κ1) is 19.4. The molecule has 0 radical (unpaired) electrons. The van der Waals surface area contributed by atoms with Gasteiger partial charge in [-0.3, -0.25) is 14.5 Å². The van der Waals surface area contributed by atoms with Crippen LogP contribution in [0, 0.1) is 17.8 Å². The molecule has 3 atom stereocenters. The topological polar surface area (TPSA) is 52.7 Å². The maximum Gasteiger partial charge on any atom is 0.238 e. The van der Waals surface area contributed by atoms with Crippen LogP contribution >= 0.6 is 0 Å². The number of piperazine rings is 1. The molecule has 3 fully saturated rings. The molecule has 3 aliphatic rings. The summed E-state index contributed by atoms with van der Waals surface area (Å²) in [6.45, 7) is 5.55. The molecule has 5 heteroatoms. The predicted octanol–water partition coefficient (Wildman–Crippen LogP) is 3.16. The minimum atomic E-state index is 0.0302. The standard InChI is InChI=1S/C23H33N3O2/c1-2-18-5-3-4-6-21(18)24-22(27)16-25-9-11-26(12-10-25)23(28)15-20-14-17-7-8-19(20)13-17/h3-6,17,19-20H,2,7-16H2,1H3,(H,24,27)/t17-,19+,20-/m0/s1. The Morgan fingerprint density at radius 1 is 1.07 bits per heavy atom. The van der Waals surface area contributed by atoms with Crippen molar-refractivity contribution in [3.8, 4) is 0 Å². The molecule has 1 N–H and O–H groups in total. The van der Waals surface area contributed by atoms with E-state index >= 15 is 0 Å². The van der Waals surface area contributed by atoms with Gasteiger partial charge in [0, 0.05) is 38.3 Å². The molecule has 4 rings (SSSR count). The number of fused-ring (bicyclic) bond motifs is 2. The normalized spacial score (nSPS) is 27.2. The van der Waals surface area contributed by atoms with Crippen molar-refractivity contribution in [3.05, 3.63) is 29.8 Å². The van der Waals surface area contributed by atoms with Gasteiger partial charge in [0.25, 0.3) is 0 Å². The van der Waals surface area contributed by atoms with Crippen LogP contribution in [0.5, 0.6) is 0 Å². The molecule has 28 heavy (non-hydrogen) atoms. The Hall–Kier alpha value is -1.88. The summed E-state index contributed by atoms with van der Waals surface area (Å²) in [7, 11) is 0. The lowest BCUT2D eigenvalue weighted by molar-refractivity contribution is -0.134. The summed E-state index contributed by atoms with van der Waals surface area (Å²) >= 11 is 0. The number of carbonyl (C=O) groups is 2. The first-order valence-corrected chi connectivity index (χ1v) is 11.0. The van der Waals surface area contributed by atoms with Crippen LogP contribution in [0.4, 0.5) is 5.69 Å².